The lowest BCUT2D eigenvalue weighted by Crippen LogP contribution is -2.48. The first-order chi connectivity index (χ1) is 12.8. The SMILES string of the molecule is CCN1CCc2ncnc(N3CCN(c4ccc(C#N)cn4)CC3)c2C1. The molecular weight excluding hydrogens is 326 g/mol. The van der Waals surface area contributed by atoms with E-state index >= 15 is 0 Å². The number of piperazine rings is 1. The van der Waals surface area contributed by atoms with Gasteiger partial charge in [0.2, 0.25) is 0 Å². The van der Waals surface area contributed by atoms with Gasteiger partial charge in [0.15, 0.2) is 0 Å². The highest BCUT2D eigenvalue weighted by atomic mass is 15.3. The molecule has 0 spiro atoms. The highest BCUT2D eigenvalue weighted by Gasteiger charge is 2.25. The van der Waals surface area contributed by atoms with Crippen LogP contribution in [0.5, 0.6) is 0 Å². The van der Waals surface area contributed by atoms with Crippen LogP contribution >= 0.6 is 0 Å². The maximum absolute atomic E-state index is 8.91. The van der Waals surface area contributed by atoms with Crippen molar-refractivity contribution in [2.24, 2.45) is 0 Å². The fraction of sp³-hybridized carbons (Fsp3) is 0.474. The van der Waals surface area contributed by atoms with Gasteiger partial charge in [-0.05, 0) is 18.7 Å². The molecule has 1 saturated heterocycles. The summed E-state index contributed by atoms with van der Waals surface area (Å²) in [6, 6.07) is 5.87. The van der Waals surface area contributed by atoms with Crippen molar-refractivity contribution in [3.63, 3.8) is 0 Å². The Bertz CT molecular complexity index is 804. The van der Waals surface area contributed by atoms with E-state index in [0.717, 1.165) is 63.9 Å². The zero-order valence-corrected chi connectivity index (χ0v) is 15.1. The number of hydrogen-bond donors (Lipinski definition) is 0. The normalized spacial score (nSPS) is 17.7. The molecule has 0 aliphatic carbocycles. The van der Waals surface area contributed by atoms with Crippen molar-refractivity contribution in [3.05, 3.63) is 41.5 Å². The van der Waals surface area contributed by atoms with Crippen LogP contribution in [0.25, 0.3) is 0 Å². The Morgan fingerprint density at radius 3 is 2.54 bits per heavy atom. The Morgan fingerprint density at radius 2 is 1.85 bits per heavy atom. The second-order valence-electron chi connectivity index (χ2n) is 6.73. The first-order valence-corrected chi connectivity index (χ1v) is 9.19. The van der Waals surface area contributed by atoms with E-state index < -0.39 is 0 Å². The highest BCUT2D eigenvalue weighted by Crippen LogP contribution is 2.27. The molecular formula is C19H23N7. The summed E-state index contributed by atoms with van der Waals surface area (Å²) in [5.74, 6) is 2.03. The molecule has 4 heterocycles. The summed E-state index contributed by atoms with van der Waals surface area (Å²) in [5, 5.41) is 8.91. The monoisotopic (exact) mass is 349 g/mol. The van der Waals surface area contributed by atoms with Crippen LogP contribution in [-0.4, -0.2) is 59.1 Å². The van der Waals surface area contributed by atoms with Gasteiger partial charge in [0, 0.05) is 57.4 Å². The van der Waals surface area contributed by atoms with E-state index in [1.54, 1.807) is 12.5 Å². The van der Waals surface area contributed by atoms with Crippen molar-refractivity contribution in [1.29, 1.82) is 5.26 Å². The first kappa shape index (κ1) is 16.7. The molecule has 2 aromatic heterocycles. The highest BCUT2D eigenvalue weighted by molar-refractivity contribution is 5.52. The molecule has 134 valence electrons. The number of hydrogen-bond acceptors (Lipinski definition) is 7. The van der Waals surface area contributed by atoms with Gasteiger partial charge in [0.1, 0.15) is 24.0 Å². The number of likely N-dealkylation sites (N-methyl/N-ethyl adjacent to an activating group) is 1. The fourth-order valence-corrected chi connectivity index (χ4v) is 3.71. The number of fused-ring (bicyclic) bond motifs is 1. The smallest absolute Gasteiger partial charge is 0.136 e. The van der Waals surface area contributed by atoms with Crippen LogP contribution < -0.4 is 9.80 Å². The molecule has 4 rings (SSSR count). The zero-order chi connectivity index (χ0) is 17.9. The number of nitrogens with zero attached hydrogens (tertiary/aromatic N) is 7. The summed E-state index contributed by atoms with van der Waals surface area (Å²) in [5.41, 5.74) is 3.10. The van der Waals surface area contributed by atoms with Gasteiger partial charge in [0.25, 0.3) is 0 Å². The quantitative estimate of drug-likeness (QED) is 0.830. The van der Waals surface area contributed by atoms with E-state index in [1.165, 1.54) is 11.3 Å². The molecule has 0 unspecified atom stereocenters. The first-order valence-electron chi connectivity index (χ1n) is 9.19. The van der Waals surface area contributed by atoms with Crippen molar-refractivity contribution < 1.29 is 0 Å². The number of anilines is 2. The van der Waals surface area contributed by atoms with Crippen LogP contribution in [0.1, 0.15) is 23.7 Å². The summed E-state index contributed by atoms with van der Waals surface area (Å²) >= 11 is 0. The van der Waals surface area contributed by atoms with E-state index in [4.69, 9.17) is 5.26 Å². The largest absolute Gasteiger partial charge is 0.353 e. The van der Waals surface area contributed by atoms with Gasteiger partial charge in [-0.15, -0.1) is 0 Å². The van der Waals surface area contributed by atoms with E-state index in [9.17, 15) is 0 Å². The Labute approximate surface area is 153 Å². The molecule has 0 atom stereocenters. The summed E-state index contributed by atoms with van der Waals surface area (Å²) in [4.78, 5) is 20.6. The van der Waals surface area contributed by atoms with Crippen molar-refractivity contribution in [3.8, 4) is 6.07 Å². The average Bonchev–Trinajstić information content (AvgIpc) is 2.73. The third-order valence-electron chi connectivity index (χ3n) is 5.29. The average molecular weight is 349 g/mol. The van der Waals surface area contributed by atoms with Crippen LogP contribution in [-0.2, 0) is 13.0 Å². The number of pyridine rings is 1. The third kappa shape index (κ3) is 3.20. The number of nitriles is 1. The Morgan fingerprint density at radius 1 is 1.04 bits per heavy atom. The van der Waals surface area contributed by atoms with Crippen LogP contribution in [0.4, 0.5) is 11.6 Å². The summed E-state index contributed by atoms with van der Waals surface area (Å²) < 4.78 is 0. The lowest BCUT2D eigenvalue weighted by molar-refractivity contribution is 0.265. The molecule has 26 heavy (non-hydrogen) atoms. The molecule has 0 saturated carbocycles. The minimum atomic E-state index is 0.598. The third-order valence-corrected chi connectivity index (χ3v) is 5.29. The maximum Gasteiger partial charge on any atom is 0.136 e. The second-order valence-corrected chi connectivity index (χ2v) is 6.73. The molecule has 0 radical (unpaired) electrons. The lowest BCUT2D eigenvalue weighted by Gasteiger charge is -2.38. The zero-order valence-electron chi connectivity index (χ0n) is 15.1. The Hall–Kier alpha value is -2.72. The van der Waals surface area contributed by atoms with Gasteiger partial charge >= 0.3 is 0 Å². The molecule has 0 N–H and O–H groups in total. The second kappa shape index (κ2) is 7.26. The van der Waals surface area contributed by atoms with Crippen molar-refractivity contribution in [2.75, 3.05) is 49.1 Å². The van der Waals surface area contributed by atoms with Crippen LogP contribution in [0, 0.1) is 11.3 Å². The maximum atomic E-state index is 8.91. The van der Waals surface area contributed by atoms with Crippen molar-refractivity contribution in [2.45, 2.75) is 19.9 Å². The molecule has 7 heteroatoms. The predicted molar refractivity (Wildman–Crippen MR) is 100 cm³/mol. The minimum absolute atomic E-state index is 0.598. The Kier molecular flexibility index (Phi) is 4.67. The summed E-state index contributed by atoms with van der Waals surface area (Å²) in [7, 11) is 0. The van der Waals surface area contributed by atoms with Crippen molar-refractivity contribution in [1.82, 2.24) is 19.9 Å². The minimum Gasteiger partial charge on any atom is -0.353 e. The van der Waals surface area contributed by atoms with Crippen LogP contribution in [0.2, 0.25) is 0 Å². The van der Waals surface area contributed by atoms with Gasteiger partial charge in [-0.2, -0.15) is 5.26 Å². The van der Waals surface area contributed by atoms with Gasteiger partial charge < -0.3 is 9.80 Å². The molecule has 7 nitrogen and oxygen atoms in total. The van der Waals surface area contributed by atoms with E-state index in [2.05, 4.69) is 42.6 Å². The van der Waals surface area contributed by atoms with E-state index in [0.29, 0.717) is 5.56 Å². The standard InChI is InChI=1S/C19H23N7/c1-2-24-6-5-17-16(13-24)19(23-14-22-17)26-9-7-25(8-10-26)18-4-3-15(11-20)12-21-18/h3-4,12,14H,2,5-10,13H2,1H3. The van der Waals surface area contributed by atoms with Gasteiger partial charge in [-0.1, -0.05) is 6.92 Å². The van der Waals surface area contributed by atoms with Crippen LogP contribution in [0.3, 0.4) is 0 Å². The number of rotatable bonds is 3. The molecule has 2 aliphatic rings. The molecule has 2 aromatic rings. The lowest BCUT2D eigenvalue weighted by atomic mass is 10.1. The topological polar surface area (TPSA) is 72.2 Å². The molecule has 0 aromatic carbocycles. The molecule has 0 amide bonds. The summed E-state index contributed by atoms with van der Waals surface area (Å²) in [6.07, 6.45) is 4.36. The van der Waals surface area contributed by atoms with E-state index in [1.807, 2.05) is 12.1 Å². The van der Waals surface area contributed by atoms with Gasteiger partial charge in [-0.25, -0.2) is 15.0 Å². The molecule has 0 bridgehead atoms. The molecule has 1 fully saturated rings. The van der Waals surface area contributed by atoms with Crippen LogP contribution in [0.15, 0.2) is 24.7 Å². The predicted octanol–water partition coefficient (Wildman–Crippen LogP) is 1.45. The fourth-order valence-electron chi connectivity index (χ4n) is 3.71. The molecule has 2 aliphatic heterocycles. The van der Waals surface area contributed by atoms with E-state index in [-0.39, 0.29) is 0 Å². The number of aromatic nitrogens is 3. The van der Waals surface area contributed by atoms with Gasteiger partial charge in [-0.3, -0.25) is 4.90 Å². The van der Waals surface area contributed by atoms with Crippen molar-refractivity contribution >= 4 is 11.6 Å². The summed E-state index contributed by atoms with van der Waals surface area (Å²) in [6.45, 7) is 8.92. The Balaban J connectivity index is 1.48. The van der Waals surface area contributed by atoms with Gasteiger partial charge in [0.05, 0.1) is 11.3 Å².